The van der Waals surface area contributed by atoms with Gasteiger partial charge in [-0.25, -0.2) is 0 Å². The van der Waals surface area contributed by atoms with Gasteiger partial charge in [-0.1, -0.05) is 0 Å². The first kappa shape index (κ1) is 15.1. The molecule has 15 heavy (non-hydrogen) atoms. The zero-order valence-corrected chi connectivity index (χ0v) is 10.7. The molecule has 0 aromatic heterocycles. The van der Waals surface area contributed by atoms with Gasteiger partial charge in [0, 0.05) is 0 Å². The van der Waals surface area contributed by atoms with Gasteiger partial charge in [0.15, 0.2) is 0 Å². The molecule has 0 amide bonds. The molecule has 1 unspecified atom stereocenters. The Kier molecular flexibility index (Phi) is 8.37. The van der Waals surface area contributed by atoms with Gasteiger partial charge in [0.1, 0.15) is 12.6 Å². The topological polar surface area (TPSA) is 38.7 Å². The third-order valence-corrected chi connectivity index (χ3v) is 2.43. The summed E-state index contributed by atoms with van der Waals surface area (Å²) in [5, 5.41) is 8.60. The van der Waals surface area contributed by atoms with Crippen molar-refractivity contribution in [1.29, 1.82) is 0 Å². The zero-order chi connectivity index (χ0) is 11.7. The number of quaternary nitrogens is 1. The highest BCUT2D eigenvalue weighted by Gasteiger charge is 2.27. The van der Waals surface area contributed by atoms with Crippen LogP contribution in [0.3, 0.4) is 0 Å². The monoisotopic (exact) mass is 240 g/mol. The Morgan fingerprint density at radius 3 is 2.53 bits per heavy atom. The normalized spacial score (nSPS) is 24.2. The van der Waals surface area contributed by atoms with Crippen LogP contribution in [0.5, 0.6) is 0 Å². The number of aliphatic hydroxyl groups is 1. The van der Waals surface area contributed by atoms with Crippen LogP contribution in [0, 0.1) is 0 Å². The fourth-order valence-corrected chi connectivity index (χ4v) is 1.84. The number of ether oxygens (including phenoxy) is 1. The summed E-state index contributed by atoms with van der Waals surface area (Å²) in [6.45, 7) is 2.97. The number of hydrogen-bond donors (Lipinski definition) is 1. The van der Waals surface area contributed by atoms with Gasteiger partial charge in [-0.3, -0.25) is 4.29 Å². The molecule has 1 atom stereocenters. The van der Waals surface area contributed by atoms with Crippen molar-refractivity contribution in [3.8, 4) is 0 Å². The first-order valence-electron chi connectivity index (χ1n) is 5.25. The Morgan fingerprint density at radius 2 is 2.07 bits per heavy atom. The maximum Gasteiger partial charge on any atom is 0.107 e. The van der Waals surface area contributed by atoms with E-state index in [1.54, 1.807) is 0 Å². The van der Waals surface area contributed by atoms with Gasteiger partial charge in [-0.05, 0) is 12.8 Å². The third-order valence-electron chi connectivity index (χ3n) is 2.43. The predicted molar refractivity (Wildman–Crippen MR) is 60.8 cm³/mol. The van der Waals surface area contributed by atoms with Crippen molar-refractivity contribution in [3.63, 3.8) is 0 Å². The number of hydrogen-bond acceptors (Lipinski definition) is 3. The van der Waals surface area contributed by atoms with E-state index in [4.69, 9.17) is 9.84 Å². The molecule has 1 heterocycles. The van der Waals surface area contributed by atoms with Crippen molar-refractivity contribution < 1.29 is 18.6 Å². The molecule has 92 valence electrons. The quantitative estimate of drug-likeness (QED) is 0.749. The fourth-order valence-electron chi connectivity index (χ4n) is 1.84. The Balaban J connectivity index is 0.000000583. The Hall–Kier alpha value is 0.130. The molecule has 0 saturated carbocycles. The maximum atomic E-state index is 8.60. The van der Waals surface area contributed by atoms with Crippen LogP contribution in [0.1, 0.15) is 12.8 Å². The van der Waals surface area contributed by atoms with E-state index in [1.165, 1.54) is 20.1 Å². The zero-order valence-electron chi connectivity index (χ0n) is 9.91. The van der Waals surface area contributed by atoms with Gasteiger partial charge in [-0.2, -0.15) is 0 Å². The second-order valence-corrected chi connectivity index (χ2v) is 4.66. The lowest BCUT2D eigenvalue weighted by Gasteiger charge is -2.37. The first-order chi connectivity index (χ1) is 7.05. The highest BCUT2D eigenvalue weighted by molar-refractivity contribution is 6.07. The van der Waals surface area contributed by atoms with Crippen molar-refractivity contribution in [1.82, 2.24) is 0 Å². The molecule has 1 saturated heterocycles. The maximum absolute atomic E-state index is 8.60. The van der Waals surface area contributed by atoms with E-state index in [9.17, 15) is 0 Å². The molecule has 0 spiro atoms. The molecule has 0 bridgehead atoms. The number of rotatable bonds is 3. The summed E-state index contributed by atoms with van der Waals surface area (Å²) in [5.74, 6) is 0. The van der Waals surface area contributed by atoms with Crippen molar-refractivity contribution in [2.24, 2.45) is 0 Å². The summed E-state index contributed by atoms with van der Waals surface area (Å²) in [5.41, 5.74) is 0. The van der Waals surface area contributed by atoms with Gasteiger partial charge in [0.25, 0.3) is 0 Å². The van der Waals surface area contributed by atoms with Crippen LogP contribution >= 0.6 is 11.9 Å². The molecule has 0 aliphatic carbocycles. The summed E-state index contributed by atoms with van der Waals surface area (Å²) in [7, 11) is 5.85. The molecule has 5 heteroatoms. The van der Waals surface area contributed by atoms with Gasteiger partial charge >= 0.3 is 0 Å². The molecule has 1 rings (SSSR count). The minimum absolute atomic E-state index is 0.143. The summed E-state index contributed by atoms with van der Waals surface area (Å²) in [4.78, 5) is 0. The predicted octanol–water partition coefficient (Wildman–Crippen LogP) is 1.02. The number of likely N-dealkylation sites (tertiary alicyclic amines) is 1. The molecular weight excluding hydrogens is 218 g/mol. The van der Waals surface area contributed by atoms with Gasteiger partial charge in [0.05, 0.1) is 52.8 Å². The lowest BCUT2D eigenvalue weighted by atomic mass is 10.1. The van der Waals surface area contributed by atoms with Crippen molar-refractivity contribution >= 4 is 11.9 Å². The van der Waals surface area contributed by atoms with Crippen molar-refractivity contribution in [3.05, 3.63) is 0 Å². The molecule has 1 aliphatic rings. The van der Waals surface area contributed by atoms with Crippen LogP contribution in [-0.4, -0.2) is 63.2 Å². The van der Waals surface area contributed by atoms with E-state index in [-0.39, 0.29) is 6.61 Å². The number of halogens is 1. The van der Waals surface area contributed by atoms with E-state index in [0.29, 0.717) is 12.7 Å². The second-order valence-electron chi connectivity index (χ2n) is 4.35. The Morgan fingerprint density at radius 1 is 1.47 bits per heavy atom. The lowest BCUT2D eigenvalue weighted by Crippen LogP contribution is -2.50. The van der Waals surface area contributed by atoms with E-state index < -0.39 is 0 Å². The average molecular weight is 241 g/mol. The van der Waals surface area contributed by atoms with Gasteiger partial charge in [-0.15, -0.1) is 0 Å². The van der Waals surface area contributed by atoms with Gasteiger partial charge < -0.3 is 14.3 Å². The van der Waals surface area contributed by atoms with Crippen molar-refractivity contribution in [2.45, 2.75) is 18.9 Å². The summed E-state index contributed by atoms with van der Waals surface area (Å²) >= 11 is 4.50. The van der Waals surface area contributed by atoms with E-state index in [0.717, 1.165) is 17.4 Å². The first-order valence-corrected chi connectivity index (χ1v) is 5.56. The van der Waals surface area contributed by atoms with Crippen LogP contribution < -0.4 is 0 Å². The summed E-state index contributed by atoms with van der Waals surface area (Å²) in [6.07, 6.45) is 2.76. The summed E-state index contributed by atoms with van der Waals surface area (Å²) in [6, 6.07) is 0. The number of piperidine rings is 1. The van der Waals surface area contributed by atoms with Crippen LogP contribution in [0.25, 0.3) is 0 Å². The van der Waals surface area contributed by atoms with Gasteiger partial charge in [0.2, 0.25) is 0 Å². The molecule has 0 radical (unpaired) electrons. The standard InChI is InChI=1S/C9H20NO2.CH3ClO/c1-10(2)5-3-4-9(8-10)12-7-6-11;1-3-2/h9,11H,3-8H2,1-2H3;1H3/q+1;. The van der Waals surface area contributed by atoms with E-state index >= 15 is 0 Å². The molecule has 4 nitrogen and oxygen atoms in total. The average Bonchev–Trinajstić information content (AvgIpc) is 2.14. The number of likely N-dealkylation sites (N-methyl/N-ethyl adjacent to an activating group) is 1. The van der Waals surface area contributed by atoms with Crippen LogP contribution in [0.4, 0.5) is 0 Å². The van der Waals surface area contributed by atoms with Crippen LogP contribution in [-0.2, 0) is 9.03 Å². The Labute approximate surface area is 97.5 Å². The van der Waals surface area contributed by atoms with Crippen molar-refractivity contribution in [2.75, 3.05) is 47.5 Å². The molecular formula is C10H23ClNO3+. The fraction of sp³-hybridized carbons (Fsp3) is 1.00. The van der Waals surface area contributed by atoms with E-state index in [1.807, 2.05) is 0 Å². The molecule has 1 N–H and O–H groups in total. The SMILES string of the molecule is COCl.C[N+]1(C)CCCC(OCCO)C1. The number of aliphatic hydroxyl groups excluding tert-OH is 1. The summed E-state index contributed by atoms with van der Waals surface area (Å²) < 4.78 is 10.3. The molecule has 1 aliphatic heterocycles. The lowest BCUT2D eigenvalue weighted by molar-refractivity contribution is -0.898. The highest BCUT2D eigenvalue weighted by Crippen LogP contribution is 2.16. The van der Waals surface area contributed by atoms with Crippen LogP contribution in [0.15, 0.2) is 0 Å². The third kappa shape index (κ3) is 7.99. The van der Waals surface area contributed by atoms with E-state index in [2.05, 4.69) is 30.3 Å². The Bertz CT molecular complexity index is 156. The molecule has 0 aromatic rings. The highest BCUT2D eigenvalue weighted by atomic mass is 35.5. The second kappa shape index (κ2) is 8.30. The minimum Gasteiger partial charge on any atom is -0.394 e. The smallest absolute Gasteiger partial charge is 0.107 e. The minimum atomic E-state index is 0.143. The largest absolute Gasteiger partial charge is 0.394 e. The molecule has 1 fully saturated rings. The number of nitrogens with zero attached hydrogens (tertiary/aromatic N) is 1. The van der Waals surface area contributed by atoms with Crippen LogP contribution in [0.2, 0.25) is 0 Å². The molecule has 0 aromatic carbocycles.